The number of rotatable bonds is 5. The van der Waals surface area contributed by atoms with E-state index in [1.165, 1.54) is 12.8 Å². The van der Waals surface area contributed by atoms with Gasteiger partial charge in [0.05, 0.1) is 6.54 Å². The van der Waals surface area contributed by atoms with E-state index in [4.69, 9.17) is 0 Å². The number of halogens is 1. The minimum Gasteiger partial charge on any atom is -0.353 e. The summed E-state index contributed by atoms with van der Waals surface area (Å²) in [6, 6.07) is -0.311. The van der Waals surface area contributed by atoms with Gasteiger partial charge in [-0.1, -0.05) is 13.8 Å². The number of amides is 2. The van der Waals surface area contributed by atoms with E-state index in [0.29, 0.717) is 19.6 Å². The second-order valence-corrected chi connectivity index (χ2v) is 5.64. The molecule has 0 aromatic heterocycles. The van der Waals surface area contributed by atoms with Crippen LogP contribution in [0.2, 0.25) is 0 Å². The first-order chi connectivity index (χ1) is 8.59. The molecule has 19 heavy (non-hydrogen) atoms. The lowest BCUT2D eigenvalue weighted by atomic mass is 9.99. The highest BCUT2D eigenvalue weighted by atomic mass is 35.5. The molecular weight excluding hydrogens is 266 g/mol. The van der Waals surface area contributed by atoms with Gasteiger partial charge in [0.15, 0.2) is 0 Å². The zero-order chi connectivity index (χ0) is 13.1. The van der Waals surface area contributed by atoms with E-state index in [1.807, 2.05) is 13.8 Å². The summed E-state index contributed by atoms with van der Waals surface area (Å²) in [6.45, 7) is 6.43. The Balaban J connectivity index is 0.00000180. The van der Waals surface area contributed by atoms with Crippen LogP contribution in [0.3, 0.4) is 0 Å². The van der Waals surface area contributed by atoms with Gasteiger partial charge < -0.3 is 15.5 Å². The summed E-state index contributed by atoms with van der Waals surface area (Å²) in [6.07, 6.45) is 2.56. The van der Waals surface area contributed by atoms with Crippen molar-refractivity contribution in [2.75, 3.05) is 26.2 Å². The number of hydrogen-bond donors (Lipinski definition) is 2. The van der Waals surface area contributed by atoms with Gasteiger partial charge in [-0.2, -0.15) is 0 Å². The quantitative estimate of drug-likeness (QED) is 0.770. The number of nitrogens with one attached hydrogen (secondary N) is 2. The molecule has 2 fully saturated rings. The molecular formula is C13H24ClN3O2. The molecule has 2 rings (SSSR count). The fourth-order valence-corrected chi connectivity index (χ4v) is 2.43. The molecule has 0 aromatic rings. The van der Waals surface area contributed by atoms with Crippen LogP contribution in [0.4, 0.5) is 0 Å². The number of carbonyl (C=O) groups excluding carboxylic acids is 2. The zero-order valence-electron chi connectivity index (χ0n) is 11.6. The maximum absolute atomic E-state index is 12.1. The molecule has 2 N–H and O–H groups in total. The molecule has 1 atom stereocenters. The van der Waals surface area contributed by atoms with Crippen LogP contribution in [0.1, 0.15) is 26.7 Å². The average molecular weight is 290 g/mol. The lowest BCUT2D eigenvalue weighted by Gasteiger charge is -2.37. The molecule has 1 aliphatic carbocycles. The molecule has 0 spiro atoms. The molecule has 2 amide bonds. The Morgan fingerprint density at radius 1 is 1.47 bits per heavy atom. The van der Waals surface area contributed by atoms with Crippen LogP contribution in [0.25, 0.3) is 0 Å². The lowest BCUT2D eigenvalue weighted by molar-refractivity contribution is -0.144. The van der Waals surface area contributed by atoms with Crippen LogP contribution in [-0.2, 0) is 9.59 Å². The van der Waals surface area contributed by atoms with Crippen molar-refractivity contribution in [3.8, 4) is 0 Å². The van der Waals surface area contributed by atoms with Crippen LogP contribution in [0.15, 0.2) is 0 Å². The van der Waals surface area contributed by atoms with Crippen LogP contribution in [0, 0.1) is 11.8 Å². The van der Waals surface area contributed by atoms with Crippen molar-refractivity contribution in [3.05, 3.63) is 0 Å². The molecule has 5 nitrogen and oxygen atoms in total. The Bertz CT molecular complexity index is 332. The summed E-state index contributed by atoms with van der Waals surface area (Å²) in [5.74, 6) is 0.942. The molecule has 1 aliphatic heterocycles. The highest BCUT2D eigenvalue weighted by molar-refractivity contribution is 5.89. The lowest BCUT2D eigenvalue weighted by Crippen LogP contribution is -2.60. The van der Waals surface area contributed by atoms with Crippen molar-refractivity contribution in [1.82, 2.24) is 15.5 Å². The monoisotopic (exact) mass is 289 g/mol. The van der Waals surface area contributed by atoms with Crippen molar-refractivity contribution >= 4 is 24.2 Å². The number of carbonyl (C=O) groups is 2. The molecule has 6 heteroatoms. The van der Waals surface area contributed by atoms with E-state index in [2.05, 4.69) is 10.6 Å². The second kappa shape index (κ2) is 7.10. The van der Waals surface area contributed by atoms with Crippen LogP contribution < -0.4 is 10.6 Å². The SMILES string of the molecule is CC(C)C1C(=O)NCCN1C(=O)CNCC1CC1.Cl. The van der Waals surface area contributed by atoms with E-state index >= 15 is 0 Å². The standard InChI is InChI=1S/C13H23N3O2.ClH/c1-9(2)12-13(18)15-5-6-16(12)11(17)8-14-7-10-3-4-10;/h9-10,12,14H,3-8H2,1-2H3,(H,15,18);1H. The Morgan fingerprint density at radius 2 is 2.16 bits per heavy atom. The second-order valence-electron chi connectivity index (χ2n) is 5.64. The fourth-order valence-electron chi connectivity index (χ4n) is 2.43. The van der Waals surface area contributed by atoms with Crippen molar-refractivity contribution in [3.63, 3.8) is 0 Å². The molecule has 1 saturated carbocycles. The third-order valence-corrected chi connectivity index (χ3v) is 3.61. The first-order valence-electron chi connectivity index (χ1n) is 6.87. The molecule has 1 unspecified atom stereocenters. The summed E-state index contributed by atoms with van der Waals surface area (Å²) < 4.78 is 0. The first-order valence-corrected chi connectivity index (χ1v) is 6.87. The van der Waals surface area contributed by atoms with E-state index in [-0.39, 0.29) is 36.2 Å². The van der Waals surface area contributed by atoms with E-state index < -0.39 is 0 Å². The average Bonchev–Trinajstić information content (AvgIpc) is 3.12. The number of hydrogen-bond acceptors (Lipinski definition) is 3. The van der Waals surface area contributed by atoms with Crippen LogP contribution in [0.5, 0.6) is 0 Å². The molecule has 1 saturated heterocycles. The van der Waals surface area contributed by atoms with Gasteiger partial charge in [0, 0.05) is 13.1 Å². The topological polar surface area (TPSA) is 61.4 Å². The third-order valence-electron chi connectivity index (χ3n) is 3.61. The van der Waals surface area contributed by atoms with Crippen LogP contribution in [-0.4, -0.2) is 48.9 Å². The van der Waals surface area contributed by atoms with E-state index in [1.54, 1.807) is 4.90 Å². The van der Waals surface area contributed by atoms with Crippen molar-refractivity contribution in [1.29, 1.82) is 0 Å². The summed E-state index contributed by atoms with van der Waals surface area (Å²) in [7, 11) is 0. The van der Waals surface area contributed by atoms with Crippen LogP contribution >= 0.6 is 12.4 Å². The zero-order valence-corrected chi connectivity index (χ0v) is 12.5. The van der Waals surface area contributed by atoms with Gasteiger partial charge >= 0.3 is 0 Å². The maximum Gasteiger partial charge on any atom is 0.243 e. The summed E-state index contributed by atoms with van der Waals surface area (Å²) in [5, 5.41) is 6.03. The smallest absolute Gasteiger partial charge is 0.243 e. The molecule has 0 bridgehead atoms. The third kappa shape index (κ3) is 4.35. The molecule has 0 aromatic carbocycles. The fraction of sp³-hybridized carbons (Fsp3) is 0.846. The van der Waals surface area contributed by atoms with Gasteiger partial charge in [-0.05, 0) is 31.2 Å². The van der Waals surface area contributed by atoms with Crippen molar-refractivity contribution < 1.29 is 9.59 Å². The predicted molar refractivity (Wildman–Crippen MR) is 76.2 cm³/mol. The van der Waals surface area contributed by atoms with Crippen molar-refractivity contribution in [2.24, 2.45) is 11.8 Å². The minimum atomic E-state index is -0.311. The predicted octanol–water partition coefficient (Wildman–Crippen LogP) is 0.391. The normalized spacial score (nSPS) is 23.0. The first kappa shape index (κ1) is 16.2. The Labute approximate surface area is 120 Å². The molecule has 1 heterocycles. The Kier molecular flexibility index (Phi) is 6.07. The largest absolute Gasteiger partial charge is 0.353 e. The van der Waals surface area contributed by atoms with Gasteiger partial charge in [0.25, 0.3) is 0 Å². The summed E-state index contributed by atoms with van der Waals surface area (Å²) in [4.78, 5) is 25.7. The van der Waals surface area contributed by atoms with Gasteiger partial charge in [0.1, 0.15) is 6.04 Å². The summed E-state index contributed by atoms with van der Waals surface area (Å²) in [5.41, 5.74) is 0. The van der Waals surface area contributed by atoms with Gasteiger partial charge in [0.2, 0.25) is 11.8 Å². The molecule has 2 aliphatic rings. The highest BCUT2D eigenvalue weighted by Crippen LogP contribution is 2.27. The summed E-state index contributed by atoms with van der Waals surface area (Å²) >= 11 is 0. The van der Waals surface area contributed by atoms with Crippen molar-refractivity contribution in [2.45, 2.75) is 32.7 Å². The molecule has 110 valence electrons. The van der Waals surface area contributed by atoms with E-state index in [0.717, 1.165) is 12.5 Å². The highest BCUT2D eigenvalue weighted by Gasteiger charge is 2.34. The Morgan fingerprint density at radius 3 is 2.74 bits per heavy atom. The van der Waals surface area contributed by atoms with Gasteiger partial charge in [-0.3, -0.25) is 9.59 Å². The van der Waals surface area contributed by atoms with Gasteiger partial charge in [-0.25, -0.2) is 0 Å². The molecule has 0 radical (unpaired) electrons. The minimum absolute atomic E-state index is 0. The van der Waals surface area contributed by atoms with Gasteiger partial charge in [-0.15, -0.1) is 12.4 Å². The van der Waals surface area contributed by atoms with E-state index in [9.17, 15) is 9.59 Å². The maximum atomic E-state index is 12.1. The number of nitrogens with zero attached hydrogens (tertiary/aromatic N) is 1. The number of piperazine rings is 1. The Hall–Kier alpha value is -0.810.